The quantitative estimate of drug-likeness (QED) is 0.0439. The molecule has 1 unspecified atom stereocenters. The van der Waals surface area contributed by atoms with Crippen molar-refractivity contribution in [3.8, 4) is 0 Å². The Kier molecular flexibility index (Phi) is 12.9. The number of hydrogen-bond donors (Lipinski definition) is 2. The van der Waals surface area contributed by atoms with Gasteiger partial charge in [-0.3, -0.25) is 19.3 Å². The highest BCUT2D eigenvalue weighted by atomic mass is 16.7. The molecule has 0 bridgehead atoms. The van der Waals surface area contributed by atoms with E-state index in [4.69, 9.17) is 24.9 Å². The number of benzene rings is 2. The van der Waals surface area contributed by atoms with Gasteiger partial charge < -0.3 is 29.8 Å². The van der Waals surface area contributed by atoms with Crippen molar-refractivity contribution in [2.24, 2.45) is 23.7 Å². The van der Waals surface area contributed by atoms with Crippen LogP contribution in [0.1, 0.15) is 80.5 Å². The minimum atomic E-state index is -1.02. The Bertz CT molecular complexity index is 1890. The van der Waals surface area contributed by atoms with Crippen LogP contribution in [0, 0.1) is 5.92 Å². The predicted molar refractivity (Wildman–Crippen MR) is 196 cm³/mol. The molecule has 1 saturated carbocycles. The Morgan fingerprint density at radius 1 is 1.02 bits per heavy atom. The maximum atomic E-state index is 13.8. The van der Waals surface area contributed by atoms with Crippen LogP contribution in [0.5, 0.6) is 0 Å². The zero-order valence-electron chi connectivity index (χ0n) is 29.7. The number of amides is 2. The molecule has 2 aromatic carbocycles. The zero-order valence-corrected chi connectivity index (χ0v) is 29.7. The van der Waals surface area contributed by atoms with Gasteiger partial charge in [0.15, 0.2) is 0 Å². The van der Waals surface area contributed by atoms with Crippen LogP contribution in [0.3, 0.4) is 0 Å². The van der Waals surface area contributed by atoms with Crippen LogP contribution in [0.15, 0.2) is 71.9 Å². The largest absolute Gasteiger partial charge is 0.448 e. The zero-order chi connectivity index (χ0) is 37.0. The molecule has 1 atom stereocenters. The lowest BCUT2D eigenvalue weighted by Gasteiger charge is -2.22. The van der Waals surface area contributed by atoms with Crippen molar-refractivity contribution >= 4 is 52.3 Å². The number of anilines is 2. The lowest BCUT2D eigenvalue weighted by atomic mass is 10.1. The van der Waals surface area contributed by atoms with Crippen LogP contribution in [-0.2, 0) is 37.4 Å². The van der Waals surface area contributed by atoms with E-state index in [0.29, 0.717) is 35.6 Å². The number of carbonyl (C=O) groups is 4. The molecule has 0 radical (unpaired) electrons. The number of fused-ring (bicyclic) bond motifs is 1. The van der Waals surface area contributed by atoms with Crippen molar-refractivity contribution in [2.75, 3.05) is 23.4 Å². The number of unbranched alkanes of at least 4 members (excludes halogenated alkanes) is 3. The molecule has 0 spiro atoms. The smallest absolute Gasteiger partial charge is 0.435 e. The number of nitrogens with two attached hydrogens (primary N) is 1. The van der Waals surface area contributed by atoms with Gasteiger partial charge in [0, 0.05) is 43.5 Å². The Labute approximate surface area is 302 Å². The topological polar surface area (TPSA) is 180 Å². The van der Waals surface area contributed by atoms with Crippen LogP contribution in [-0.4, -0.2) is 63.8 Å². The number of nitrogens with one attached hydrogen (secondary N) is 1. The first kappa shape index (κ1) is 37.5. The van der Waals surface area contributed by atoms with Crippen LogP contribution in [0.25, 0.3) is 11.0 Å². The summed E-state index contributed by atoms with van der Waals surface area (Å²) < 4.78 is 17.5. The van der Waals surface area contributed by atoms with E-state index in [1.807, 2.05) is 29.8 Å². The van der Waals surface area contributed by atoms with Crippen molar-refractivity contribution in [1.29, 1.82) is 0 Å². The van der Waals surface area contributed by atoms with E-state index < -0.39 is 18.4 Å². The van der Waals surface area contributed by atoms with E-state index >= 15 is 0 Å². The minimum Gasteiger partial charge on any atom is -0.448 e. The van der Waals surface area contributed by atoms with Crippen molar-refractivity contribution in [1.82, 2.24) is 14.5 Å². The summed E-state index contributed by atoms with van der Waals surface area (Å²) in [5.74, 6) is -0.283. The molecule has 3 N–H and O–H groups in total. The number of imidazole rings is 1. The molecule has 0 aliphatic heterocycles. The van der Waals surface area contributed by atoms with Crippen molar-refractivity contribution < 1.29 is 33.4 Å². The van der Waals surface area contributed by atoms with E-state index in [1.165, 1.54) is 11.8 Å². The Morgan fingerprint density at radius 3 is 2.50 bits per heavy atom. The minimum absolute atomic E-state index is 0.00704. The molecule has 0 saturated heterocycles. The second kappa shape index (κ2) is 17.9. The Hall–Kier alpha value is -5.79. The number of aliphatic imine (C=N–C) groups is 1. The number of ether oxygens (including phenoxy) is 3. The molecule has 52 heavy (non-hydrogen) atoms. The van der Waals surface area contributed by atoms with Gasteiger partial charge in [0.05, 0.1) is 36.5 Å². The molecule has 2 amide bonds. The molecule has 2 aromatic heterocycles. The van der Waals surface area contributed by atoms with Crippen LogP contribution < -0.4 is 16.0 Å². The second-order valence-corrected chi connectivity index (χ2v) is 12.6. The molecule has 14 nitrogen and oxygen atoms in total. The maximum absolute atomic E-state index is 13.8. The van der Waals surface area contributed by atoms with E-state index in [-0.39, 0.29) is 36.6 Å². The van der Waals surface area contributed by atoms with Gasteiger partial charge in [-0.2, -0.15) is 4.99 Å². The Morgan fingerprint density at radius 2 is 1.79 bits per heavy atom. The van der Waals surface area contributed by atoms with E-state index in [0.717, 1.165) is 55.6 Å². The molecule has 1 aliphatic carbocycles. The van der Waals surface area contributed by atoms with Crippen molar-refractivity contribution in [2.45, 2.75) is 71.6 Å². The number of carbonyl (C=O) groups excluding carboxylic acids is 4. The fourth-order valence-corrected chi connectivity index (χ4v) is 5.40. The van der Waals surface area contributed by atoms with E-state index in [9.17, 15) is 19.2 Å². The third-order valence-corrected chi connectivity index (χ3v) is 8.49. The van der Waals surface area contributed by atoms with Crippen LogP contribution in [0.4, 0.5) is 16.3 Å². The number of hydrogen-bond acceptors (Lipinski definition) is 10. The molecule has 1 aliphatic rings. The molecule has 274 valence electrons. The lowest BCUT2D eigenvalue weighted by molar-refractivity contribution is -0.185. The third kappa shape index (κ3) is 10.4. The molecular weight excluding hydrogens is 666 g/mol. The molecule has 4 aromatic rings. The fourth-order valence-electron chi connectivity index (χ4n) is 5.40. The summed E-state index contributed by atoms with van der Waals surface area (Å²) in [6.07, 6.45) is 5.28. The van der Waals surface area contributed by atoms with Crippen molar-refractivity contribution in [3.05, 3.63) is 83.8 Å². The summed E-state index contributed by atoms with van der Waals surface area (Å²) in [6, 6.07) is 17.6. The first-order valence-corrected chi connectivity index (χ1v) is 17.6. The molecule has 1 fully saturated rings. The summed E-state index contributed by atoms with van der Waals surface area (Å²) in [5.41, 5.74) is 9.24. The predicted octanol–water partition coefficient (Wildman–Crippen LogP) is 5.88. The monoisotopic (exact) mass is 711 g/mol. The van der Waals surface area contributed by atoms with Gasteiger partial charge in [-0.25, -0.2) is 14.8 Å². The van der Waals surface area contributed by atoms with Gasteiger partial charge in [0.2, 0.25) is 6.29 Å². The second-order valence-electron chi connectivity index (χ2n) is 12.6. The first-order valence-electron chi connectivity index (χ1n) is 17.6. The molecular formula is C38H45N7O7. The number of aromatic nitrogens is 3. The molecule has 14 heteroatoms. The van der Waals surface area contributed by atoms with Gasteiger partial charge in [0.1, 0.15) is 17.5 Å². The molecule has 2 heterocycles. The average molecular weight is 712 g/mol. The van der Waals surface area contributed by atoms with Gasteiger partial charge in [-0.15, -0.1) is 0 Å². The maximum Gasteiger partial charge on any atom is 0.435 e. The SMILES string of the molecule is CCCCCCOC(=O)/N=C(/N)c1ccc(NCc2nc3cc(C(=O)N(CCC(=O)OC(C)OC(=O)C4CC4)c4ccccn4)ccc3n2C)cc1. The summed E-state index contributed by atoms with van der Waals surface area (Å²) in [7, 11) is 1.89. The number of amidine groups is 1. The van der Waals surface area contributed by atoms with Gasteiger partial charge >= 0.3 is 18.0 Å². The normalized spacial score (nSPS) is 13.3. The van der Waals surface area contributed by atoms with Gasteiger partial charge in [-0.1, -0.05) is 32.3 Å². The summed E-state index contributed by atoms with van der Waals surface area (Å²) in [5, 5.41) is 3.34. The highest BCUT2D eigenvalue weighted by Gasteiger charge is 2.33. The number of rotatable bonds is 17. The Balaban J connectivity index is 1.20. The highest BCUT2D eigenvalue weighted by molar-refractivity contribution is 6.07. The lowest BCUT2D eigenvalue weighted by Crippen LogP contribution is -2.34. The molecule has 5 rings (SSSR count). The fraction of sp³-hybridized carbons (Fsp3) is 0.395. The number of esters is 2. The average Bonchev–Trinajstić information content (AvgIpc) is 3.95. The number of aryl methyl sites for hydroxylation is 1. The number of pyridine rings is 1. The first-order chi connectivity index (χ1) is 25.1. The number of nitrogens with zero attached hydrogens (tertiary/aromatic N) is 5. The third-order valence-electron chi connectivity index (χ3n) is 8.49. The summed E-state index contributed by atoms with van der Waals surface area (Å²) in [6.45, 7) is 4.31. The highest BCUT2D eigenvalue weighted by Crippen LogP contribution is 2.30. The van der Waals surface area contributed by atoms with Crippen molar-refractivity contribution in [3.63, 3.8) is 0 Å². The van der Waals surface area contributed by atoms with E-state index in [2.05, 4.69) is 22.2 Å². The summed E-state index contributed by atoms with van der Waals surface area (Å²) >= 11 is 0. The van der Waals surface area contributed by atoms with Crippen LogP contribution in [0.2, 0.25) is 0 Å². The van der Waals surface area contributed by atoms with E-state index in [1.54, 1.807) is 48.7 Å². The van der Waals surface area contributed by atoms with Crippen LogP contribution >= 0.6 is 0 Å². The van der Waals surface area contributed by atoms with Gasteiger partial charge in [0.25, 0.3) is 5.91 Å². The van der Waals surface area contributed by atoms with Gasteiger partial charge in [-0.05, 0) is 73.9 Å². The summed E-state index contributed by atoms with van der Waals surface area (Å²) in [4.78, 5) is 64.7. The standard InChI is InChI=1S/C38H45N7O7/c1-4-5-6-9-22-50-38(49)43-35(39)26-13-16-29(17-14-26)41-24-33-42-30-23-28(15-18-31(30)44(33)3)36(47)45(32-10-7-8-20-40-32)21-19-34(46)51-25(2)52-37(48)27-11-12-27/h7-8,10,13-18,20,23,25,27,41H,4-6,9,11-12,19,21-22,24H2,1-3H3,(H2,39,43,49).